The van der Waals surface area contributed by atoms with Gasteiger partial charge in [0, 0.05) is 29.8 Å². The first-order valence-corrected chi connectivity index (χ1v) is 6.44. The summed E-state index contributed by atoms with van der Waals surface area (Å²) in [5, 5.41) is 11.6. The summed E-state index contributed by atoms with van der Waals surface area (Å²) >= 11 is 0. The first-order valence-electron chi connectivity index (χ1n) is 6.44. The second kappa shape index (κ2) is 7.25. The van der Waals surface area contributed by atoms with Crippen LogP contribution in [0.4, 0.5) is 0 Å². The van der Waals surface area contributed by atoms with Crippen LogP contribution < -0.4 is 9.13 Å². The molecule has 0 spiro atoms. The van der Waals surface area contributed by atoms with Crippen LogP contribution in [0.5, 0.6) is 0 Å². The molecule has 0 aromatic carbocycles. The Hall–Kier alpha value is -2.60. The quantitative estimate of drug-likeness (QED) is 0.282. The number of carbonyl (C=O) groups excluding carboxylic acids is 1. The molecular formula is C15H17N3O3+2. The molecule has 0 amide bonds. The molecule has 0 radical (unpaired) electrons. The number of hydrogen-bond donors (Lipinski definition) is 1. The number of carbonyl (C=O) groups is 1. The van der Waals surface area contributed by atoms with E-state index in [9.17, 15) is 4.79 Å². The molecule has 0 fully saturated rings. The van der Waals surface area contributed by atoms with E-state index in [-0.39, 0.29) is 5.78 Å². The van der Waals surface area contributed by atoms with Crippen LogP contribution in [0.3, 0.4) is 0 Å². The molecule has 0 atom stereocenters. The number of hydrogen-bond acceptors (Lipinski definition) is 4. The average Bonchev–Trinajstić information content (AvgIpc) is 2.50. The Morgan fingerprint density at radius 1 is 1.24 bits per heavy atom. The molecule has 0 aliphatic carbocycles. The Kier molecular flexibility index (Phi) is 5.11. The van der Waals surface area contributed by atoms with E-state index >= 15 is 0 Å². The van der Waals surface area contributed by atoms with Gasteiger partial charge in [0.25, 0.3) is 13.5 Å². The summed E-state index contributed by atoms with van der Waals surface area (Å²) in [7, 11) is 0. The van der Waals surface area contributed by atoms with Gasteiger partial charge in [0.1, 0.15) is 6.21 Å². The van der Waals surface area contributed by atoms with Crippen LogP contribution in [0.2, 0.25) is 0 Å². The number of aromatic nitrogens is 2. The van der Waals surface area contributed by atoms with Crippen molar-refractivity contribution in [1.82, 2.24) is 0 Å². The Balaban J connectivity index is 1.94. The molecule has 0 aliphatic rings. The van der Waals surface area contributed by atoms with E-state index in [0.29, 0.717) is 19.0 Å². The van der Waals surface area contributed by atoms with Gasteiger partial charge in [-0.15, -0.1) is 0 Å². The molecule has 2 heterocycles. The van der Waals surface area contributed by atoms with E-state index in [0.717, 1.165) is 5.69 Å². The molecule has 0 saturated carbocycles. The molecule has 0 unspecified atom stereocenters. The van der Waals surface area contributed by atoms with Gasteiger partial charge < -0.3 is 5.21 Å². The van der Waals surface area contributed by atoms with Gasteiger partial charge in [-0.05, 0) is 13.0 Å². The fraction of sp³-hybridized carbons (Fsp3) is 0.200. The molecule has 2 aromatic rings. The third-order valence-electron chi connectivity index (χ3n) is 2.93. The number of rotatable bonds is 6. The molecule has 1 N–H and O–H groups in total. The third kappa shape index (κ3) is 4.19. The minimum atomic E-state index is 0.0378. The SMILES string of the molecule is CC(=O)c1cc[n+](COC[n+]2ccccc2C=NO)cc1. The molecule has 2 rings (SSSR count). The van der Waals surface area contributed by atoms with Crippen LogP contribution >= 0.6 is 0 Å². The lowest BCUT2D eigenvalue weighted by atomic mass is 10.2. The maximum Gasteiger partial charge on any atom is 0.258 e. The molecule has 0 saturated heterocycles. The summed E-state index contributed by atoms with van der Waals surface area (Å²) in [6.45, 7) is 2.21. The maximum atomic E-state index is 11.2. The van der Waals surface area contributed by atoms with Gasteiger partial charge >= 0.3 is 0 Å². The van der Waals surface area contributed by atoms with Gasteiger partial charge in [-0.2, -0.15) is 9.13 Å². The first-order chi connectivity index (χ1) is 10.2. The Labute approximate surface area is 122 Å². The van der Waals surface area contributed by atoms with Crippen LogP contribution in [-0.4, -0.2) is 17.2 Å². The lowest BCUT2D eigenvalue weighted by molar-refractivity contribution is -0.788. The highest BCUT2D eigenvalue weighted by atomic mass is 16.5. The summed E-state index contributed by atoms with van der Waals surface area (Å²) in [5.41, 5.74) is 1.40. The summed E-state index contributed by atoms with van der Waals surface area (Å²) in [4.78, 5) is 11.2. The number of ketones is 1. The fourth-order valence-corrected chi connectivity index (χ4v) is 1.81. The second-order valence-electron chi connectivity index (χ2n) is 4.46. The van der Waals surface area contributed by atoms with Crippen LogP contribution in [0.25, 0.3) is 0 Å². The van der Waals surface area contributed by atoms with Crippen molar-refractivity contribution < 1.29 is 23.9 Å². The normalized spacial score (nSPS) is 10.9. The van der Waals surface area contributed by atoms with E-state index in [4.69, 9.17) is 9.94 Å². The number of Topliss-reactive ketones (excluding diaryl/α,β-unsaturated/α-hetero) is 1. The highest BCUT2D eigenvalue weighted by Crippen LogP contribution is 1.95. The predicted molar refractivity (Wildman–Crippen MR) is 73.7 cm³/mol. The maximum absolute atomic E-state index is 11.2. The van der Waals surface area contributed by atoms with Crippen molar-refractivity contribution in [2.24, 2.45) is 5.16 Å². The number of ether oxygens (including phenoxy) is 1. The van der Waals surface area contributed by atoms with Crippen LogP contribution in [0.1, 0.15) is 23.0 Å². The van der Waals surface area contributed by atoms with Gasteiger partial charge in [0.15, 0.2) is 24.4 Å². The number of pyridine rings is 2. The van der Waals surface area contributed by atoms with Gasteiger partial charge in [-0.3, -0.25) is 9.53 Å². The van der Waals surface area contributed by atoms with E-state index in [2.05, 4.69) is 5.16 Å². The third-order valence-corrected chi connectivity index (χ3v) is 2.93. The minimum absolute atomic E-state index is 0.0378. The molecule has 21 heavy (non-hydrogen) atoms. The number of oxime groups is 1. The zero-order chi connectivity index (χ0) is 15.1. The van der Waals surface area contributed by atoms with Crippen molar-refractivity contribution in [2.75, 3.05) is 0 Å². The molecule has 2 aromatic heterocycles. The second-order valence-corrected chi connectivity index (χ2v) is 4.46. The van der Waals surface area contributed by atoms with Crippen molar-refractivity contribution >= 4 is 12.0 Å². The molecular weight excluding hydrogens is 270 g/mol. The van der Waals surface area contributed by atoms with Crippen LogP contribution in [0, 0.1) is 0 Å². The van der Waals surface area contributed by atoms with Gasteiger partial charge in [0.2, 0.25) is 5.69 Å². The van der Waals surface area contributed by atoms with Crippen molar-refractivity contribution in [3.05, 3.63) is 60.2 Å². The largest absolute Gasteiger partial charge is 0.411 e. The van der Waals surface area contributed by atoms with Gasteiger partial charge in [0.05, 0.1) is 0 Å². The zero-order valence-electron chi connectivity index (χ0n) is 11.7. The first kappa shape index (κ1) is 14.8. The molecule has 0 bridgehead atoms. The Morgan fingerprint density at radius 2 is 2.00 bits per heavy atom. The monoisotopic (exact) mass is 287 g/mol. The van der Waals surface area contributed by atoms with E-state index in [1.165, 1.54) is 13.1 Å². The predicted octanol–water partition coefficient (Wildman–Crippen LogP) is 0.904. The van der Waals surface area contributed by atoms with E-state index in [1.807, 2.05) is 33.5 Å². The lowest BCUT2D eigenvalue weighted by Crippen LogP contribution is -2.42. The van der Waals surface area contributed by atoms with Crippen molar-refractivity contribution in [3.8, 4) is 0 Å². The number of nitrogens with zero attached hydrogens (tertiary/aromatic N) is 3. The van der Waals surface area contributed by atoms with Crippen molar-refractivity contribution in [3.63, 3.8) is 0 Å². The van der Waals surface area contributed by atoms with Crippen molar-refractivity contribution in [2.45, 2.75) is 20.4 Å². The zero-order valence-corrected chi connectivity index (χ0v) is 11.7. The van der Waals surface area contributed by atoms with E-state index < -0.39 is 0 Å². The Bertz CT molecular complexity index is 639. The summed E-state index contributed by atoms with van der Waals surface area (Å²) < 4.78 is 9.23. The summed E-state index contributed by atoms with van der Waals surface area (Å²) in [5.74, 6) is 0.0378. The highest BCUT2D eigenvalue weighted by molar-refractivity contribution is 5.93. The van der Waals surface area contributed by atoms with Gasteiger partial charge in [-0.25, -0.2) is 0 Å². The summed E-state index contributed by atoms with van der Waals surface area (Å²) in [6, 6.07) is 9.05. The summed E-state index contributed by atoms with van der Waals surface area (Å²) in [6.07, 6.45) is 6.77. The standard InChI is InChI=1S/C15H16N3O3/c1-13(19)14-5-8-17(9-6-14)11-21-12-18-7-3-2-4-15(18)10-16-20/h2-10H,11-12H2,1H3/q+1/p+1. The smallest absolute Gasteiger partial charge is 0.258 e. The molecule has 0 aliphatic heterocycles. The van der Waals surface area contributed by atoms with Gasteiger partial charge in [-0.1, -0.05) is 5.16 Å². The molecule has 108 valence electrons. The highest BCUT2D eigenvalue weighted by Gasteiger charge is 2.09. The van der Waals surface area contributed by atoms with Crippen molar-refractivity contribution in [1.29, 1.82) is 0 Å². The van der Waals surface area contributed by atoms with Crippen LogP contribution in [0.15, 0.2) is 54.1 Å². The topological polar surface area (TPSA) is 66.7 Å². The molecule has 6 nitrogen and oxygen atoms in total. The average molecular weight is 287 g/mol. The van der Waals surface area contributed by atoms with E-state index in [1.54, 1.807) is 24.5 Å². The lowest BCUT2D eigenvalue weighted by Gasteiger charge is -2.00. The fourth-order valence-electron chi connectivity index (χ4n) is 1.81. The minimum Gasteiger partial charge on any atom is -0.411 e. The van der Waals surface area contributed by atoms with Crippen LogP contribution in [-0.2, 0) is 18.2 Å². The Morgan fingerprint density at radius 3 is 2.67 bits per heavy atom. The molecule has 6 heteroatoms.